The number of nitrogens with one attached hydrogen (secondary N) is 2. The highest BCUT2D eigenvalue weighted by atomic mass is 16.2. The monoisotopic (exact) mass is 301 g/mol. The zero-order valence-corrected chi connectivity index (χ0v) is 13.1. The fraction of sp³-hybridized carbons (Fsp3) is 0.529. The van der Waals surface area contributed by atoms with E-state index in [9.17, 15) is 9.59 Å². The van der Waals surface area contributed by atoms with Gasteiger partial charge in [0.1, 0.15) is 0 Å². The molecule has 5 heteroatoms. The van der Waals surface area contributed by atoms with E-state index in [0.29, 0.717) is 24.9 Å². The first-order valence-electron chi connectivity index (χ1n) is 7.97. The van der Waals surface area contributed by atoms with E-state index in [1.165, 1.54) is 5.69 Å². The lowest BCUT2D eigenvalue weighted by atomic mass is 9.90. The Kier molecular flexibility index (Phi) is 4.16. The topological polar surface area (TPSA) is 61.4 Å². The Hall–Kier alpha value is -1.88. The van der Waals surface area contributed by atoms with Crippen LogP contribution in [0.5, 0.6) is 0 Å². The first-order chi connectivity index (χ1) is 10.5. The van der Waals surface area contributed by atoms with E-state index in [-0.39, 0.29) is 17.7 Å². The number of imide groups is 1. The highest BCUT2D eigenvalue weighted by Crippen LogP contribution is 2.27. The van der Waals surface area contributed by atoms with Crippen LogP contribution in [-0.4, -0.2) is 37.0 Å². The van der Waals surface area contributed by atoms with E-state index >= 15 is 0 Å². The van der Waals surface area contributed by atoms with Gasteiger partial charge in [0.25, 0.3) is 0 Å². The molecule has 0 radical (unpaired) electrons. The quantitative estimate of drug-likeness (QED) is 0.811. The average molecular weight is 301 g/mol. The maximum Gasteiger partial charge on any atom is 0.234 e. The molecule has 5 nitrogen and oxygen atoms in total. The Morgan fingerprint density at radius 1 is 1.05 bits per heavy atom. The van der Waals surface area contributed by atoms with Crippen LogP contribution in [0.15, 0.2) is 24.3 Å². The summed E-state index contributed by atoms with van der Waals surface area (Å²) in [5, 5.41) is 5.95. The highest BCUT2D eigenvalue weighted by molar-refractivity contribution is 6.00. The number of hydrogen-bond donors (Lipinski definition) is 2. The summed E-state index contributed by atoms with van der Waals surface area (Å²) in [5.74, 6) is -0.539. The summed E-state index contributed by atoms with van der Waals surface area (Å²) in [6, 6.07) is 9.16. The maximum absolute atomic E-state index is 11.9. The number of rotatable bonds is 2. The van der Waals surface area contributed by atoms with Gasteiger partial charge in [0.05, 0.1) is 5.92 Å². The maximum atomic E-state index is 11.9. The van der Waals surface area contributed by atoms with Crippen LogP contribution >= 0.6 is 0 Å². The molecule has 2 fully saturated rings. The predicted octanol–water partition coefficient (Wildman–Crippen LogP) is 1.39. The van der Waals surface area contributed by atoms with Crippen molar-refractivity contribution in [2.45, 2.75) is 44.7 Å². The fourth-order valence-corrected chi connectivity index (χ4v) is 3.47. The molecule has 3 atom stereocenters. The molecule has 118 valence electrons. The molecule has 0 aliphatic carbocycles. The molecule has 2 saturated heterocycles. The lowest BCUT2D eigenvalue weighted by Gasteiger charge is -2.37. The SMILES string of the molecule is CC1CN(c2ccc(C3CCC(=O)NC3=O)cc2)CC(C)N1. The number of amides is 2. The minimum Gasteiger partial charge on any atom is -0.368 e. The Labute approximate surface area is 131 Å². The number of piperidine rings is 1. The third-order valence-electron chi connectivity index (χ3n) is 4.46. The van der Waals surface area contributed by atoms with Crippen molar-refractivity contribution >= 4 is 17.5 Å². The molecule has 2 N–H and O–H groups in total. The number of anilines is 1. The van der Waals surface area contributed by atoms with Crippen LogP contribution < -0.4 is 15.5 Å². The zero-order chi connectivity index (χ0) is 15.7. The van der Waals surface area contributed by atoms with Crippen LogP contribution in [0.2, 0.25) is 0 Å². The van der Waals surface area contributed by atoms with Gasteiger partial charge in [-0.2, -0.15) is 0 Å². The van der Waals surface area contributed by atoms with Crippen LogP contribution in [0, 0.1) is 0 Å². The average Bonchev–Trinajstić information content (AvgIpc) is 2.46. The van der Waals surface area contributed by atoms with Crippen molar-refractivity contribution in [2.24, 2.45) is 0 Å². The number of carbonyl (C=O) groups is 2. The molecule has 1 aromatic rings. The van der Waals surface area contributed by atoms with Crippen LogP contribution in [0.1, 0.15) is 38.2 Å². The van der Waals surface area contributed by atoms with Crippen molar-refractivity contribution in [3.8, 4) is 0 Å². The molecule has 3 rings (SSSR count). The number of nitrogens with zero attached hydrogens (tertiary/aromatic N) is 1. The third kappa shape index (κ3) is 3.14. The van der Waals surface area contributed by atoms with E-state index in [1.807, 2.05) is 12.1 Å². The molecule has 2 aliphatic heterocycles. The number of benzene rings is 1. The molecule has 2 heterocycles. The van der Waals surface area contributed by atoms with Gasteiger partial charge >= 0.3 is 0 Å². The first-order valence-corrected chi connectivity index (χ1v) is 7.97. The first kappa shape index (κ1) is 15.0. The molecule has 0 saturated carbocycles. The summed E-state index contributed by atoms with van der Waals surface area (Å²) in [7, 11) is 0. The highest BCUT2D eigenvalue weighted by Gasteiger charge is 2.28. The van der Waals surface area contributed by atoms with Gasteiger partial charge in [-0.1, -0.05) is 12.1 Å². The lowest BCUT2D eigenvalue weighted by Crippen LogP contribution is -2.54. The molecule has 1 aromatic carbocycles. The minimum absolute atomic E-state index is 0.165. The molecule has 2 amide bonds. The third-order valence-corrected chi connectivity index (χ3v) is 4.46. The second kappa shape index (κ2) is 6.08. The number of hydrogen-bond acceptors (Lipinski definition) is 4. The van der Waals surface area contributed by atoms with Gasteiger partial charge in [0.2, 0.25) is 11.8 Å². The number of carbonyl (C=O) groups excluding carboxylic acids is 2. The smallest absolute Gasteiger partial charge is 0.234 e. The second-order valence-corrected chi connectivity index (χ2v) is 6.47. The molecular formula is C17H23N3O2. The van der Waals surface area contributed by atoms with Crippen LogP contribution in [-0.2, 0) is 9.59 Å². The van der Waals surface area contributed by atoms with Crippen molar-refractivity contribution in [2.75, 3.05) is 18.0 Å². The van der Waals surface area contributed by atoms with Gasteiger partial charge in [-0.3, -0.25) is 14.9 Å². The summed E-state index contributed by atoms with van der Waals surface area (Å²) in [5.41, 5.74) is 2.18. The van der Waals surface area contributed by atoms with E-state index in [4.69, 9.17) is 0 Å². The van der Waals surface area contributed by atoms with Gasteiger partial charge in [-0.15, -0.1) is 0 Å². The van der Waals surface area contributed by atoms with Crippen LogP contribution in [0.25, 0.3) is 0 Å². The van der Waals surface area contributed by atoms with Gasteiger partial charge in [-0.25, -0.2) is 0 Å². The second-order valence-electron chi connectivity index (χ2n) is 6.47. The van der Waals surface area contributed by atoms with Crippen LogP contribution in [0.3, 0.4) is 0 Å². The largest absolute Gasteiger partial charge is 0.368 e. The van der Waals surface area contributed by atoms with E-state index in [0.717, 1.165) is 18.7 Å². The molecule has 0 spiro atoms. The number of piperazine rings is 1. The van der Waals surface area contributed by atoms with Gasteiger partial charge in [0.15, 0.2) is 0 Å². The molecule has 0 aromatic heterocycles. The molecular weight excluding hydrogens is 278 g/mol. The molecule has 22 heavy (non-hydrogen) atoms. The Bertz CT molecular complexity index is 560. The molecule has 3 unspecified atom stereocenters. The fourth-order valence-electron chi connectivity index (χ4n) is 3.47. The van der Waals surface area contributed by atoms with E-state index < -0.39 is 0 Å². The standard InChI is InChI=1S/C17H23N3O2/c1-11-9-20(10-12(2)18-11)14-5-3-13(4-6-14)15-7-8-16(21)19-17(15)22/h3-6,11-12,15,18H,7-10H2,1-2H3,(H,19,21,22). The Morgan fingerprint density at radius 3 is 2.27 bits per heavy atom. The summed E-state index contributed by atoms with van der Waals surface area (Å²) >= 11 is 0. The van der Waals surface area contributed by atoms with Gasteiger partial charge in [-0.05, 0) is 38.0 Å². The lowest BCUT2D eigenvalue weighted by molar-refractivity contribution is -0.134. The van der Waals surface area contributed by atoms with Crippen molar-refractivity contribution < 1.29 is 9.59 Å². The van der Waals surface area contributed by atoms with Gasteiger partial charge in [0, 0.05) is 37.3 Å². The Morgan fingerprint density at radius 2 is 1.68 bits per heavy atom. The van der Waals surface area contributed by atoms with E-state index in [1.54, 1.807) is 0 Å². The predicted molar refractivity (Wildman–Crippen MR) is 85.8 cm³/mol. The van der Waals surface area contributed by atoms with E-state index in [2.05, 4.69) is 41.5 Å². The van der Waals surface area contributed by atoms with Crippen molar-refractivity contribution in [1.82, 2.24) is 10.6 Å². The van der Waals surface area contributed by atoms with Crippen LogP contribution in [0.4, 0.5) is 5.69 Å². The van der Waals surface area contributed by atoms with Crippen molar-refractivity contribution in [3.63, 3.8) is 0 Å². The Balaban J connectivity index is 1.72. The van der Waals surface area contributed by atoms with Crippen molar-refractivity contribution in [1.29, 1.82) is 0 Å². The minimum atomic E-state index is -0.201. The molecule has 0 bridgehead atoms. The normalized spacial score (nSPS) is 29.4. The summed E-state index contributed by atoms with van der Waals surface area (Å²) in [4.78, 5) is 25.5. The summed E-state index contributed by atoms with van der Waals surface area (Å²) in [6.07, 6.45) is 1.02. The van der Waals surface area contributed by atoms with Crippen molar-refractivity contribution in [3.05, 3.63) is 29.8 Å². The zero-order valence-electron chi connectivity index (χ0n) is 13.1. The summed E-state index contributed by atoms with van der Waals surface area (Å²) in [6.45, 7) is 6.37. The summed E-state index contributed by atoms with van der Waals surface area (Å²) < 4.78 is 0. The van der Waals surface area contributed by atoms with Gasteiger partial charge < -0.3 is 10.2 Å². The molecule has 2 aliphatic rings.